The number of nitrogens with zero attached hydrogens (tertiary/aromatic N) is 2. The maximum Gasteiger partial charge on any atom is 0.141 e. The van der Waals surface area contributed by atoms with Crippen LogP contribution >= 0.6 is 0 Å². The molecule has 1 aromatic heterocycles. The summed E-state index contributed by atoms with van der Waals surface area (Å²) in [6.07, 6.45) is 2.34. The van der Waals surface area contributed by atoms with Crippen LogP contribution in [0.5, 0.6) is 5.75 Å². The van der Waals surface area contributed by atoms with Gasteiger partial charge in [-0.05, 0) is 73.6 Å². The lowest BCUT2D eigenvalue weighted by Gasteiger charge is -2.14. The van der Waals surface area contributed by atoms with E-state index in [0.29, 0.717) is 5.92 Å². The van der Waals surface area contributed by atoms with Gasteiger partial charge < -0.3 is 9.30 Å². The van der Waals surface area contributed by atoms with Crippen molar-refractivity contribution in [2.45, 2.75) is 46.5 Å². The zero-order valence-electron chi connectivity index (χ0n) is 16.2. The summed E-state index contributed by atoms with van der Waals surface area (Å²) < 4.78 is 7.56. The predicted octanol–water partition coefficient (Wildman–Crippen LogP) is 5.77. The Balaban J connectivity index is 2.19. The molecule has 0 aliphatic carbocycles. The molecule has 0 radical (unpaired) electrons. The van der Waals surface area contributed by atoms with Crippen molar-refractivity contribution < 1.29 is 4.74 Å². The average molecular weight is 336 g/mol. The van der Waals surface area contributed by atoms with Gasteiger partial charge in [-0.25, -0.2) is 4.98 Å². The molecule has 0 aliphatic heterocycles. The molecule has 0 saturated heterocycles. The van der Waals surface area contributed by atoms with E-state index in [0.717, 1.165) is 22.7 Å². The van der Waals surface area contributed by atoms with Gasteiger partial charge in [-0.1, -0.05) is 19.9 Å². The number of hydrogen-bond donors (Lipinski definition) is 0. The summed E-state index contributed by atoms with van der Waals surface area (Å²) in [5.74, 6) is 2.51. The lowest BCUT2D eigenvalue weighted by Crippen LogP contribution is -1.98. The third kappa shape index (κ3) is 3.04. The Morgan fingerprint density at radius 3 is 2.36 bits per heavy atom. The Morgan fingerprint density at radius 2 is 1.76 bits per heavy atom. The summed E-state index contributed by atoms with van der Waals surface area (Å²) in [7, 11) is 3.82. The molecule has 25 heavy (non-hydrogen) atoms. The highest BCUT2D eigenvalue weighted by Gasteiger charge is 2.16. The van der Waals surface area contributed by atoms with Gasteiger partial charge in [-0.15, -0.1) is 0 Å². The lowest BCUT2D eigenvalue weighted by molar-refractivity contribution is 0.414. The predicted molar refractivity (Wildman–Crippen MR) is 105 cm³/mol. The van der Waals surface area contributed by atoms with E-state index in [1.165, 1.54) is 35.0 Å². The number of aryl methyl sites for hydroxylation is 3. The fourth-order valence-electron chi connectivity index (χ4n) is 3.74. The number of rotatable bonds is 5. The molecule has 3 aromatic rings. The number of benzene rings is 2. The van der Waals surface area contributed by atoms with E-state index >= 15 is 0 Å². The van der Waals surface area contributed by atoms with Crippen molar-refractivity contribution in [2.75, 3.05) is 7.11 Å². The Hall–Kier alpha value is -2.29. The zero-order chi connectivity index (χ0) is 18.1. The summed E-state index contributed by atoms with van der Waals surface area (Å²) in [6, 6.07) is 10.8. The zero-order valence-corrected chi connectivity index (χ0v) is 16.2. The first-order valence-electron chi connectivity index (χ1n) is 9.12. The molecule has 0 saturated carbocycles. The number of methoxy groups -OCH3 is 1. The van der Waals surface area contributed by atoms with Gasteiger partial charge in [-0.3, -0.25) is 0 Å². The van der Waals surface area contributed by atoms with Crippen molar-refractivity contribution >= 4 is 11.0 Å². The van der Waals surface area contributed by atoms with E-state index in [-0.39, 0.29) is 0 Å². The average Bonchev–Trinajstić information content (AvgIpc) is 2.93. The van der Waals surface area contributed by atoms with Crippen molar-refractivity contribution in [3.63, 3.8) is 0 Å². The van der Waals surface area contributed by atoms with Gasteiger partial charge in [0.2, 0.25) is 0 Å². The molecule has 132 valence electrons. The minimum atomic E-state index is 0.615. The topological polar surface area (TPSA) is 27.1 Å². The quantitative estimate of drug-likeness (QED) is 0.591. The highest BCUT2D eigenvalue weighted by atomic mass is 16.5. The standard InChI is InChI=1S/C22H28N2O/c1-7-16(8-2)17-11-15(4)21-20(13-17)24(5)22(23-21)19-10-9-18(25-6)12-14(19)3/h9-13,16H,7-8H2,1-6H3. The van der Waals surface area contributed by atoms with Crippen LogP contribution in [0, 0.1) is 13.8 Å². The number of imidazole rings is 1. The van der Waals surface area contributed by atoms with E-state index in [9.17, 15) is 0 Å². The van der Waals surface area contributed by atoms with E-state index in [2.05, 4.69) is 63.6 Å². The second-order valence-corrected chi connectivity index (χ2v) is 6.89. The molecule has 2 aromatic carbocycles. The Kier molecular flexibility index (Phi) is 4.85. The van der Waals surface area contributed by atoms with Crippen LogP contribution in [-0.4, -0.2) is 16.7 Å². The molecule has 0 aliphatic rings. The fourth-order valence-corrected chi connectivity index (χ4v) is 3.74. The highest BCUT2D eigenvalue weighted by Crippen LogP contribution is 2.33. The first-order valence-corrected chi connectivity index (χ1v) is 9.12. The maximum absolute atomic E-state index is 5.33. The number of ether oxygens (including phenoxy) is 1. The fraction of sp³-hybridized carbons (Fsp3) is 0.409. The van der Waals surface area contributed by atoms with Crippen LogP contribution in [0.2, 0.25) is 0 Å². The summed E-state index contributed by atoms with van der Waals surface area (Å²) in [6.45, 7) is 8.82. The summed E-state index contributed by atoms with van der Waals surface area (Å²) in [5, 5.41) is 0. The van der Waals surface area contributed by atoms with Gasteiger partial charge in [0.05, 0.1) is 18.1 Å². The summed E-state index contributed by atoms with van der Waals surface area (Å²) >= 11 is 0. The SMILES string of the molecule is CCC(CC)c1cc(C)c2nc(-c3ccc(OC)cc3C)n(C)c2c1. The molecule has 0 amide bonds. The van der Waals surface area contributed by atoms with Crippen molar-refractivity contribution in [3.05, 3.63) is 47.0 Å². The van der Waals surface area contributed by atoms with E-state index in [1.54, 1.807) is 7.11 Å². The smallest absolute Gasteiger partial charge is 0.141 e. The minimum Gasteiger partial charge on any atom is -0.497 e. The molecule has 0 bridgehead atoms. The molecule has 0 N–H and O–H groups in total. The van der Waals surface area contributed by atoms with E-state index in [4.69, 9.17) is 9.72 Å². The largest absolute Gasteiger partial charge is 0.497 e. The van der Waals surface area contributed by atoms with Crippen molar-refractivity contribution in [3.8, 4) is 17.1 Å². The monoisotopic (exact) mass is 336 g/mol. The van der Waals surface area contributed by atoms with Gasteiger partial charge in [0, 0.05) is 12.6 Å². The molecule has 0 unspecified atom stereocenters. The number of fused-ring (bicyclic) bond motifs is 1. The van der Waals surface area contributed by atoms with Crippen LogP contribution in [0.15, 0.2) is 30.3 Å². The second-order valence-electron chi connectivity index (χ2n) is 6.89. The van der Waals surface area contributed by atoms with Gasteiger partial charge in [0.15, 0.2) is 0 Å². The van der Waals surface area contributed by atoms with Gasteiger partial charge in [-0.2, -0.15) is 0 Å². The first kappa shape index (κ1) is 17.5. The third-order valence-corrected chi connectivity index (χ3v) is 5.33. The van der Waals surface area contributed by atoms with E-state index < -0.39 is 0 Å². The van der Waals surface area contributed by atoms with Crippen LogP contribution in [0.3, 0.4) is 0 Å². The number of hydrogen-bond acceptors (Lipinski definition) is 2. The lowest BCUT2D eigenvalue weighted by atomic mass is 9.92. The molecule has 1 heterocycles. The van der Waals surface area contributed by atoms with Gasteiger partial charge in [0.1, 0.15) is 11.6 Å². The van der Waals surface area contributed by atoms with Crippen LogP contribution in [0.1, 0.15) is 49.3 Å². The van der Waals surface area contributed by atoms with Crippen LogP contribution in [0.4, 0.5) is 0 Å². The molecule has 3 nitrogen and oxygen atoms in total. The molecule has 0 spiro atoms. The molecule has 3 heteroatoms. The molecular formula is C22H28N2O. The third-order valence-electron chi connectivity index (χ3n) is 5.33. The molecule has 0 atom stereocenters. The second kappa shape index (κ2) is 6.91. The van der Waals surface area contributed by atoms with Gasteiger partial charge >= 0.3 is 0 Å². The van der Waals surface area contributed by atoms with Crippen molar-refractivity contribution in [1.29, 1.82) is 0 Å². The Bertz CT molecular complexity index is 904. The van der Waals surface area contributed by atoms with Crippen LogP contribution < -0.4 is 4.74 Å². The highest BCUT2D eigenvalue weighted by molar-refractivity contribution is 5.84. The van der Waals surface area contributed by atoms with Crippen molar-refractivity contribution in [2.24, 2.45) is 7.05 Å². The minimum absolute atomic E-state index is 0.615. The first-order chi connectivity index (χ1) is 12.0. The summed E-state index contributed by atoms with van der Waals surface area (Å²) in [4.78, 5) is 4.97. The summed E-state index contributed by atoms with van der Waals surface area (Å²) in [5.41, 5.74) is 7.33. The van der Waals surface area contributed by atoms with E-state index in [1.807, 2.05) is 6.07 Å². The van der Waals surface area contributed by atoms with Crippen LogP contribution in [-0.2, 0) is 7.05 Å². The van der Waals surface area contributed by atoms with Gasteiger partial charge in [0.25, 0.3) is 0 Å². The molecule has 3 rings (SSSR count). The number of aromatic nitrogens is 2. The maximum atomic E-state index is 5.33. The Labute approximate surface area is 150 Å². The molecule has 0 fully saturated rings. The van der Waals surface area contributed by atoms with Crippen molar-refractivity contribution in [1.82, 2.24) is 9.55 Å². The van der Waals surface area contributed by atoms with Crippen LogP contribution in [0.25, 0.3) is 22.4 Å². The normalized spacial score (nSPS) is 11.5. The Morgan fingerprint density at radius 1 is 1.04 bits per heavy atom. The molecular weight excluding hydrogens is 308 g/mol.